The molecular formula is C12H28N2. The molecule has 3 N–H and O–H groups in total. The van der Waals surface area contributed by atoms with E-state index in [0.717, 1.165) is 6.54 Å². The first-order chi connectivity index (χ1) is 6.61. The van der Waals surface area contributed by atoms with Crippen LogP contribution in [0.15, 0.2) is 0 Å². The first-order valence-corrected chi connectivity index (χ1v) is 6.10. The summed E-state index contributed by atoms with van der Waals surface area (Å²) in [5.41, 5.74) is 6.04. The van der Waals surface area contributed by atoms with Gasteiger partial charge in [0, 0.05) is 18.6 Å². The molecule has 0 saturated heterocycles. The minimum atomic E-state index is 0.309. The van der Waals surface area contributed by atoms with E-state index in [2.05, 4.69) is 33.0 Å². The molecule has 0 radical (unpaired) electrons. The van der Waals surface area contributed by atoms with Crippen molar-refractivity contribution in [2.45, 2.75) is 65.5 Å². The predicted octanol–water partition coefficient (Wildman–Crippen LogP) is 2.53. The Bertz CT molecular complexity index is 125. The third-order valence-electron chi connectivity index (χ3n) is 3.07. The summed E-state index contributed by atoms with van der Waals surface area (Å²) in [5, 5.41) is 3.51. The lowest BCUT2D eigenvalue weighted by Crippen LogP contribution is -2.41. The smallest absolute Gasteiger partial charge is 0.0191 e. The Kier molecular flexibility index (Phi) is 8.20. The summed E-state index contributed by atoms with van der Waals surface area (Å²) in [4.78, 5) is 0. The molecule has 0 aliphatic rings. The van der Waals surface area contributed by atoms with Gasteiger partial charge in [0.15, 0.2) is 0 Å². The molecule has 0 saturated carbocycles. The molecule has 0 rings (SSSR count). The van der Waals surface area contributed by atoms with Crippen LogP contribution >= 0.6 is 0 Å². The molecule has 0 aromatic carbocycles. The molecule has 0 aliphatic heterocycles. The second-order valence-electron chi connectivity index (χ2n) is 4.50. The fraction of sp³-hybridized carbons (Fsp3) is 1.00. The van der Waals surface area contributed by atoms with Crippen LogP contribution in [0.1, 0.15) is 53.4 Å². The third kappa shape index (κ3) is 6.39. The van der Waals surface area contributed by atoms with Gasteiger partial charge in [0.1, 0.15) is 0 Å². The molecule has 2 heteroatoms. The minimum absolute atomic E-state index is 0.309. The second kappa shape index (κ2) is 8.25. The summed E-state index contributed by atoms with van der Waals surface area (Å²) in [6, 6.07) is 0.925. The highest BCUT2D eigenvalue weighted by molar-refractivity contribution is 4.72. The van der Waals surface area contributed by atoms with E-state index in [1.807, 2.05) is 0 Å². The fourth-order valence-corrected chi connectivity index (χ4v) is 1.45. The molecule has 0 heterocycles. The number of hydrogen-bond donors (Lipinski definition) is 2. The van der Waals surface area contributed by atoms with E-state index in [9.17, 15) is 0 Å². The van der Waals surface area contributed by atoms with Crippen LogP contribution in [0, 0.1) is 5.92 Å². The Hall–Kier alpha value is -0.0800. The van der Waals surface area contributed by atoms with E-state index >= 15 is 0 Å². The molecule has 0 aliphatic carbocycles. The summed E-state index contributed by atoms with van der Waals surface area (Å²) >= 11 is 0. The maximum absolute atomic E-state index is 6.04. The molecule has 3 unspecified atom stereocenters. The SMILES string of the molecule is CCCCC(C)NCC(N)C(C)CC. The van der Waals surface area contributed by atoms with Gasteiger partial charge in [-0.25, -0.2) is 0 Å². The van der Waals surface area contributed by atoms with Crippen LogP contribution in [0.4, 0.5) is 0 Å². The van der Waals surface area contributed by atoms with Gasteiger partial charge in [-0.05, 0) is 19.3 Å². The lowest BCUT2D eigenvalue weighted by molar-refractivity contribution is 0.389. The van der Waals surface area contributed by atoms with Crippen LogP contribution in [0.25, 0.3) is 0 Å². The van der Waals surface area contributed by atoms with E-state index in [-0.39, 0.29) is 0 Å². The van der Waals surface area contributed by atoms with Gasteiger partial charge < -0.3 is 11.1 Å². The normalized spacial score (nSPS) is 17.8. The first kappa shape index (κ1) is 13.9. The van der Waals surface area contributed by atoms with Crippen molar-refractivity contribution in [1.82, 2.24) is 5.32 Å². The maximum Gasteiger partial charge on any atom is 0.0191 e. The topological polar surface area (TPSA) is 38.0 Å². The molecular weight excluding hydrogens is 172 g/mol. The Morgan fingerprint density at radius 2 is 1.86 bits per heavy atom. The van der Waals surface area contributed by atoms with Crippen LogP contribution in [0.2, 0.25) is 0 Å². The summed E-state index contributed by atoms with van der Waals surface area (Å²) in [6.45, 7) is 9.87. The van der Waals surface area contributed by atoms with Gasteiger partial charge >= 0.3 is 0 Å². The summed E-state index contributed by atoms with van der Waals surface area (Å²) < 4.78 is 0. The Morgan fingerprint density at radius 3 is 2.36 bits per heavy atom. The quantitative estimate of drug-likeness (QED) is 0.632. The van der Waals surface area contributed by atoms with E-state index in [1.54, 1.807) is 0 Å². The Morgan fingerprint density at radius 1 is 1.21 bits per heavy atom. The van der Waals surface area contributed by atoms with Crippen LogP contribution in [-0.2, 0) is 0 Å². The highest BCUT2D eigenvalue weighted by Crippen LogP contribution is 2.05. The first-order valence-electron chi connectivity index (χ1n) is 6.10. The van der Waals surface area contributed by atoms with Gasteiger partial charge in [-0.1, -0.05) is 40.0 Å². The molecule has 3 atom stereocenters. The largest absolute Gasteiger partial charge is 0.326 e. The molecule has 0 spiro atoms. The Balaban J connectivity index is 3.50. The third-order valence-corrected chi connectivity index (χ3v) is 3.07. The van der Waals surface area contributed by atoms with Crippen LogP contribution in [0.5, 0.6) is 0 Å². The summed E-state index contributed by atoms with van der Waals surface area (Å²) in [6.07, 6.45) is 5.03. The summed E-state index contributed by atoms with van der Waals surface area (Å²) in [7, 11) is 0. The number of hydrogen-bond acceptors (Lipinski definition) is 2. The average Bonchev–Trinajstić information content (AvgIpc) is 2.21. The zero-order valence-corrected chi connectivity index (χ0v) is 10.3. The molecule has 0 amide bonds. The summed E-state index contributed by atoms with van der Waals surface area (Å²) in [5.74, 6) is 0.626. The lowest BCUT2D eigenvalue weighted by Gasteiger charge is -2.21. The highest BCUT2D eigenvalue weighted by Gasteiger charge is 2.11. The number of rotatable bonds is 8. The molecule has 0 aromatic heterocycles. The van der Waals surface area contributed by atoms with Gasteiger partial charge in [-0.3, -0.25) is 0 Å². The van der Waals surface area contributed by atoms with E-state index in [4.69, 9.17) is 5.73 Å². The van der Waals surface area contributed by atoms with Crippen LogP contribution in [-0.4, -0.2) is 18.6 Å². The zero-order valence-electron chi connectivity index (χ0n) is 10.3. The van der Waals surface area contributed by atoms with Crippen LogP contribution in [0.3, 0.4) is 0 Å². The predicted molar refractivity (Wildman–Crippen MR) is 64.4 cm³/mol. The van der Waals surface area contributed by atoms with Crippen LogP contribution < -0.4 is 11.1 Å². The van der Waals surface area contributed by atoms with Crippen molar-refractivity contribution in [2.75, 3.05) is 6.54 Å². The number of nitrogens with two attached hydrogens (primary N) is 1. The fourth-order valence-electron chi connectivity index (χ4n) is 1.45. The minimum Gasteiger partial charge on any atom is -0.326 e. The average molecular weight is 200 g/mol. The molecule has 86 valence electrons. The number of unbranched alkanes of at least 4 members (excludes halogenated alkanes) is 1. The molecule has 0 aromatic rings. The highest BCUT2D eigenvalue weighted by atomic mass is 14.9. The van der Waals surface area contributed by atoms with Gasteiger partial charge in [0.05, 0.1) is 0 Å². The van der Waals surface area contributed by atoms with Crippen molar-refractivity contribution >= 4 is 0 Å². The van der Waals surface area contributed by atoms with Gasteiger partial charge in [-0.2, -0.15) is 0 Å². The molecule has 0 fully saturated rings. The van der Waals surface area contributed by atoms with E-state index in [0.29, 0.717) is 18.0 Å². The van der Waals surface area contributed by atoms with Crippen molar-refractivity contribution in [3.05, 3.63) is 0 Å². The lowest BCUT2D eigenvalue weighted by atomic mass is 10.00. The molecule has 14 heavy (non-hydrogen) atoms. The molecule has 2 nitrogen and oxygen atoms in total. The van der Waals surface area contributed by atoms with Crippen molar-refractivity contribution in [3.63, 3.8) is 0 Å². The van der Waals surface area contributed by atoms with Gasteiger partial charge in [0.2, 0.25) is 0 Å². The van der Waals surface area contributed by atoms with Gasteiger partial charge in [-0.15, -0.1) is 0 Å². The molecule has 0 bridgehead atoms. The van der Waals surface area contributed by atoms with Crippen molar-refractivity contribution in [1.29, 1.82) is 0 Å². The Labute approximate surface area is 89.6 Å². The van der Waals surface area contributed by atoms with Crippen molar-refractivity contribution < 1.29 is 0 Å². The van der Waals surface area contributed by atoms with Crippen molar-refractivity contribution in [3.8, 4) is 0 Å². The van der Waals surface area contributed by atoms with E-state index in [1.165, 1.54) is 25.7 Å². The second-order valence-corrected chi connectivity index (χ2v) is 4.50. The maximum atomic E-state index is 6.04. The standard InChI is InChI=1S/C12H28N2/c1-5-7-8-11(4)14-9-12(13)10(3)6-2/h10-12,14H,5-9,13H2,1-4H3. The van der Waals surface area contributed by atoms with Crippen molar-refractivity contribution in [2.24, 2.45) is 11.7 Å². The number of nitrogens with one attached hydrogen (secondary N) is 1. The van der Waals surface area contributed by atoms with Gasteiger partial charge in [0.25, 0.3) is 0 Å². The van der Waals surface area contributed by atoms with E-state index < -0.39 is 0 Å². The zero-order chi connectivity index (χ0) is 11.0. The monoisotopic (exact) mass is 200 g/mol.